The molecule has 2 rings (SSSR count). The van der Waals surface area contributed by atoms with Gasteiger partial charge in [0.1, 0.15) is 0 Å². The highest BCUT2D eigenvalue weighted by Crippen LogP contribution is 2.12. The van der Waals surface area contributed by atoms with E-state index in [4.69, 9.17) is 0 Å². The van der Waals surface area contributed by atoms with Crippen molar-refractivity contribution in [2.24, 2.45) is 0 Å². The third-order valence-electron chi connectivity index (χ3n) is 3.23. The monoisotopic (exact) mass is 346 g/mol. The minimum atomic E-state index is 0. The maximum absolute atomic E-state index is 11.8. The highest BCUT2D eigenvalue weighted by atomic mass is 79.9. The van der Waals surface area contributed by atoms with Gasteiger partial charge in [-0.15, -0.1) is 12.4 Å². The van der Waals surface area contributed by atoms with Crippen molar-refractivity contribution in [1.29, 1.82) is 0 Å². The fourth-order valence-electron chi connectivity index (χ4n) is 2.28. The van der Waals surface area contributed by atoms with Crippen molar-refractivity contribution in [1.82, 2.24) is 10.6 Å². The first-order valence-electron chi connectivity index (χ1n) is 6.48. The van der Waals surface area contributed by atoms with Gasteiger partial charge in [0.15, 0.2) is 0 Å². The molecule has 0 aliphatic carbocycles. The fraction of sp³-hybridized carbons (Fsp3) is 0.500. The van der Waals surface area contributed by atoms with Crippen LogP contribution in [-0.4, -0.2) is 25.0 Å². The zero-order valence-electron chi connectivity index (χ0n) is 10.8. The van der Waals surface area contributed by atoms with Gasteiger partial charge in [0.25, 0.3) is 0 Å². The van der Waals surface area contributed by atoms with Gasteiger partial charge >= 0.3 is 0 Å². The van der Waals surface area contributed by atoms with Gasteiger partial charge in [0.05, 0.1) is 6.42 Å². The molecule has 3 nitrogen and oxygen atoms in total. The molecule has 1 heterocycles. The molecule has 2 N–H and O–H groups in total. The molecule has 0 radical (unpaired) electrons. The lowest BCUT2D eigenvalue weighted by Crippen LogP contribution is -2.31. The lowest BCUT2D eigenvalue weighted by atomic mass is 10.1. The number of amides is 1. The van der Waals surface area contributed by atoms with Gasteiger partial charge in [-0.05, 0) is 43.5 Å². The predicted octanol–water partition coefficient (Wildman–Crippen LogP) is 2.67. The topological polar surface area (TPSA) is 41.1 Å². The lowest BCUT2D eigenvalue weighted by molar-refractivity contribution is -0.120. The Morgan fingerprint density at radius 3 is 3.00 bits per heavy atom. The normalized spacial score (nSPS) is 17.8. The number of hydrogen-bond donors (Lipinski definition) is 2. The second-order valence-corrected chi connectivity index (χ2v) is 5.65. The fourth-order valence-corrected chi connectivity index (χ4v) is 2.73. The number of halogens is 2. The predicted molar refractivity (Wildman–Crippen MR) is 83.7 cm³/mol. The smallest absolute Gasteiger partial charge is 0.224 e. The summed E-state index contributed by atoms with van der Waals surface area (Å²) in [4.78, 5) is 11.8. The van der Waals surface area contributed by atoms with Crippen LogP contribution in [0.1, 0.15) is 24.8 Å². The van der Waals surface area contributed by atoms with E-state index in [2.05, 4.69) is 26.6 Å². The molecule has 0 unspecified atom stereocenters. The first-order chi connectivity index (χ1) is 8.74. The molecule has 1 amide bonds. The molecule has 0 spiro atoms. The summed E-state index contributed by atoms with van der Waals surface area (Å²) in [5.74, 6) is 0.103. The molecule has 5 heteroatoms. The number of nitrogens with one attached hydrogen (secondary N) is 2. The van der Waals surface area contributed by atoms with Crippen LogP contribution in [0.15, 0.2) is 28.7 Å². The van der Waals surface area contributed by atoms with Gasteiger partial charge < -0.3 is 10.6 Å². The Labute approximate surface area is 129 Å². The van der Waals surface area contributed by atoms with Gasteiger partial charge in [0.2, 0.25) is 5.91 Å². The molecule has 106 valence electrons. The Morgan fingerprint density at radius 2 is 2.32 bits per heavy atom. The SMILES string of the molecule is Cl.O=C(Cc1cccc(Br)c1)NCC[C@H]1CCCN1. The van der Waals surface area contributed by atoms with Crippen molar-refractivity contribution in [3.8, 4) is 0 Å². The third-order valence-corrected chi connectivity index (χ3v) is 3.72. The molecule has 0 saturated carbocycles. The summed E-state index contributed by atoms with van der Waals surface area (Å²) in [5.41, 5.74) is 1.04. The van der Waals surface area contributed by atoms with Crippen molar-refractivity contribution in [2.75, 3.05) is 13.1 Å². The van der Waals surface area contributed by atoms with Gasteiger partial charge in [-0.25, -0.2) is 0 Å². The van der Waals surface area contributed by atoms with Gasteiger partial charge in [-0.2, -0.15) is 0 Å². The molecule has 0 aromatic heterocycles. The summed E-state index contributed by atoms with van der Waals surface area (Å²) in [6.07, 6.45) is 3.99. The summed E-state index contributed by atoms with van der Waals surface area (Å²) < 4.78 is 1.02. The number of carbonyl (C=O) groups excluding carboxylic acids is 1. The number of benzene rings is 1. The standard InChI is InChI=1S/C14H19BrN2O.ClH/c15-12-4-1-3-11(9-12)10-14(18)17-8-6-13-5-2-7-16-13;/h1,3-4,9,13,16H,2,5-8,10H2,(H,17,18);1H/t13-;/m1./s1. The highest BCUT2D eigenvalue weighted by molar-refractivity contribution is 9.10. The largest absolute Gasteiger partial charge is 0.356 e. The van der Waals surface area contributed by atoms with Crippen LogP contribution >= 0.6 is 28.3 Å². The van der Waals surface area contributed by atoms with E-state index < -0.39 is 0 Å². The molecule has 0 bridgehead atoms. The van der Waals surface area contributed by atoms with Crippen LogP contribution in [0.3, 0.4) is 0 Å². The minimum absolute atomic E-state index is 0. The number of hydrogen-bond acceptors (Lipinski definition) is 2. The van der Waals surface area contributed by atoms with Crippen LogP contribution < -0.4 is 10.6 Å². The zero-order chi connectivity index (χ0) is 12.8. The summed E-state index contributed by atoms with van der Waals surface area (Å²) in [5, 5.41) is 6.41. The summed E-state index contributed by atoms with van der Waals surface area (Å²) in [7, 11) is 0. The molecule has 1 atom stereocenters. The third kappa shape index (κ3) is 5.93. The van der Waals surface area contributed by atoms with Crippen LogP contribution in [0.25, 0.3) is 0 Å². The summed E-state index contributed by atoms with van der Waals surface area (Å²) in [6, 6.07) is 8.47. The zero-order valence-corrected chi connectivity index (χ0v) is 13.2. The van der Waals surface area contributed by atoms with Crippen LogP contribution in [0, 0.1) is 0 Å². The van der Waals surface area contributed by atoms with Crippen molar-refractivity contribution < 1.29 is 4.79 Å². The van der Waals surface area contributed by atoms with E-state index in [1.807, 2.05) is 24.3 Å². The van der Waals surface area contributed by atoms with Crippen molar-refractivity contribution in [3.63, 3.8) is 0 Å². The summed E-state index contributed by atoms with van der Waals surface area (Å²) in [6.45, 7) is 1.89. The van der Waals surface area contributed by atoms with E-state index in [9.17, 15) is 4.79 Å². The van der Waals surface area contributed by atoms with Crippen molar-refractivity contribution in [3.05, 3.63) is 34.3 Å². The molecule has 1 aromatic carbocycles. The van der Waals surface area contributed by atoms with E-state index in [0.717, 1.165) is 29.5 Å². The van der Waals surface area contributed by atoms with Crippen molar-refractivity contribution in [2.45, 2.75) is 31.7 Å². The summed E-state index contributed by atoms with van der Waals surface area (Å²) >= 11 is 3.41. The molecule has 1 fully saturated rings. The molecular formula is C14H20BrClN2O. The van der Waals surface area contributed by atoms with Crippen LogP contribution in [-0.2, 0) is 11.2 Å². The highest BCUT2D eigenvalue weighted by Gasteiger charge is 2.13. The van der Waals surface area contributed by atoms with E-state index in [-0.39, 0.29) is 18.3 Å². The number of carbonyl (C=O) groups is 1. The van der Waals surface area contributed by atoms with E-state index in [1.165, 1.54) is 12.8 Å². The molecule has 1 aromatic rings. The molecule has 1 saturated heterocycles. The molecule has 1 aliphatic heterocycles. The first-order valence-corrected chi connectivity index (χ1v) is 7.28. The van der Waals surface area contributed by atoms with Crippen LogP contribution in [0.4, 0.5) is 0 Å². The van der Waals surface area contributed by atoms with Crippen LogP contribution in [0.2, 0.25) is 0 Å². The maximum Gasteiger partial charge on any atom is 0.224 e. The Hall–Kier alpha value is -0.580. The van der Waals surface area contributed by atoms with Gasteiger partial charge in [-0.3, -0.25) is 4.79 Å². The second kappa shape index (κ2) is 8.56. The lowest BCUT2D eigenvalue weighted by Gasteiger charge is -2.10. The Kier molecular flexibility index (Phi) is 7.42. The van der Waals surface area contributed by atoms with Crippen LogP contribution in [0.5, 0.6) is 0 Å². The average molecular weight is 348 g/mol. The van der Waals surface area contributed by atoms with Crippen molar-refractivity contribution >= 4 is 34.2 Å². The Balaban J connectivity index is 0.00000180. The quantitative estimate of drug-likeness (QED) is 0.860. The molecular weight excluding hydrogens is 328 g/mol. The van der Waals surface area contributed by atoms with E-state index in [1.54, 1.807) is 0 Å². The molecule has 1 aliphatic rings. The second-order valence-electron chi connectivity index (χ2n) is 4.74. The Bertz CT molecular complexity index is 408. The van der Waals surface area contributed by atoms with Gasteiger partial charge in [-0.1, -0.05) is 28.1 Å². The first kappa shape index (κ1) is 16.5. The van der Waals surface area contributed by atoms with Gasteiger partial charge in [0, 0.05) is 17.1 Å². The average Bonchev–Trinajstić information content (AvgIpc) is 2.82. The minimum Gasteiger partial charge on any atom is -0.356 e. The van der Waals surface area contributed by atoms with E-state index >= 15 is 0 Å². The maximum atomic E-state index is 11.8. The molecule has 19 heavy (non-hydrogen) atoms. The van der Waals surface area contributed by atoms with E-state index in [0.29, 0.717) is 12.5 Å². The number of rotatable bonds is 5. The Morgan fingerprint density at radius 1 is 1.47 bits per heavy atom.